The fraction of sp³-hybridized carbons (Fsp3) is 0.250. The minimum absolute atomic E-state index is 0.0600. The number of carbonyl (C=O) groups excluding carboxylic acids is 1. The van der Waals surface area contributed by atoms with Crippen molar-refractivity contribution in [2.24, 2.45) is 0 Å². The van der Waals surface area contributed by atoms with Gasteiger partial charge in [0.2, 0.25) is 5.91 Å². The summed E-state index contributed by atoms with van der Waals surface area (Å²) >= 11 is 0. The van der Waals surface area contributed by atoms with Crippen molar-refractivity contribution in [3.63, 3.8) is 0 Å². The van der Waals surface area contributed by atoms with Gasteiger partial charge in [-0.1, -0.05) is 6.08 Å². The lowest BCUT2D eigenvalue weighted by Gasteiger charge is -2.11. The Morgan fingerprint density at radius 2 is 1.87 bits per heavy atom. The molecule has 0 aliphatic carbocycles. The van der Waals surface area contributed by atoms with Crippen LogP contribution in [-0.4, -0.2) is 11.9 Å². The van der Waals surface area contributed by atoms with E-state index in [1.165, 1.54) is 6.92 Å². The van der Waals surface area contributed by atoms with E-state index in [0.29, 0.717) is 0 Å². The van der Waals surface area contributed by atoms with Gasteiger partial charge in [-0.05, 0) is 31.2 Å². The summed E-state index contributed by atoms with van der Waals surface area (Å²) in [5.41, 5.74) is 1.82. The average molecular weight is 204 g/mol. The summed E-state index contributed by atoms with van der Waals surface area (Å²) in [6.45, 7) is 7.21. The van der Waals surface area contributed by atoms with Crippen molar-refractivity contribution in [3.8, 4) is 0 Å². The molecule has 0 radical (unpaired) electrons. The van der Waals surface area contributed by atoms with Gasteiger partial charge in [0, 0.05) is 24.3 Å². The Bertz CT molecular complexity index is 343. The van der Waals surface area contributed by atoms with Gasteiger partial charge in [-0.25, -0.2) is 0 Å². The van der Waals surface area contributed by atoms with Crippen LogP contribution in [0.15, 0.2) is 36.9 Å². The molecule has 15 heavy (non-hydrogen) atoms. The lowest BCUT2D eigenvalue weighted by molar-refractivity contribution is -0.114. The molecule has 0 bridgehead atoms. The van der Waals surface area contributed by atoms with Crippen LogP contribution in [0.4, 0.5) is 11.4 Å². The van der Waals surface area contributed by atoms with Gasteiger partial charge in [-0.2, -0.15) is 0 Å². The van der Waals surface area contributed by atoms with E-state index < -0.39 is 0 Å². The molecule has 0 heterocycles. The molecule has 1 aromatic carbocycles. The number of hydrogen-bond acceptors (Lipinski definition) is 2. The maximum Gasteiger partial charge on any atom is 0.221 e. The number of carbonyl (C=O) groups is 1. The second kappa shape index (κ2) is 5.20. The van der Waals surface area contributed by atoms with Gasteiger partial charge < -0.3 is 10.6 Å². The van der Waals surface area contributed by atoms with Crippen LogP contribution in [0.25, 0.3) is 0 Å². The van der Waals surface area contributed by atoms with Crippen LogP contribution in [0, 0.1) is 0 Å². The number of benzene rings is 1. The predicted molar refractivity (Wildman–Crippen MR) is 64.0 cm³/mol. The molecule has 1 unspecified atom stereocenters. The Balaban J connectivity index is 2.63. The van der Waals surface area contributed by atoms with Gasteiger partial charge in [0.15, 0.2) is 0 Å². The van der Waals surface area contributed by atoms with Crippen LogP contribution in [0.1, 0.15) is 13.8 Å². The highest BCUT2D eigenvalue weighted by Gasteiger charge is 1.98. The first kappa shape index (κ1) is 11.3. The molecule has 1 atom stereocenters. The normalized spacial score (nSPS) is 11.6. The van der Waals surface area contributed by atoms with Crippen LogP contribution < -0.4 is 10.6 Å². The molecule has 0 aliphatic rings. The minimum atomic E-state index is -0.0600. The van der Waals surface area contributed by atoms with E-state index in [2.05, 4.69) is 17.2 Å². The molecule has 3 nitrogen and oxygen atoms in total. The van der Waals surface area contributed by atoms with Gasteiger partial charge in [0.05, 0.1) is 0 Å². The highest BCUT2D eigenvalue weighted by molar-refractivity contribution is 5.88. The zero-order valence-electron chi connectivity index (χ0n) is 9.08. The number of amides is 1. The van der Waals surface area contributed by atoms with E-state index >= 15 is 0 Å². The zero-order chi connectivity index (χ0) is 11.3. The molecule has 0 fully saturated rings. The molecule has 80 valence electrons. The Labute approximate surface area is 90.2 Å². The van der Waals surface area contributed by atoms with E-state index in [0.717, 1.165) is 11.4 Å². The van der Waals surface area contributed by atoms with Gasteiger partial charge in [0.25, 0.3) is 0 Å². The predicted octanol–water partition coefficient (Wildman–Crippen LogP) is 2.63. The fourth-order valence-electron chi connectivity index (χ4n) is 1.17. The molecule has 3 heteroatoms. The van der Waals surface area contributed by atoms with Crippen LogP contribution >= 0.6 is 0 Å². The highest BCUT2D eigenvalue weighted by Crippen LogP contribution is 2.14. The summed E-state index contributed by atoms with van der Waals surface area (Å²) in [5.74, 6) is -0.0600. The van der Waals surface area contributed by atoms with Gasteiger partial charge in [-0.15, -0.1) is 6.58 Å². The summed E-state index contributed by atoms with van der Waals surface area (Å²) in [6.07, 6.45) is 1.84. The first-order valence-electron chi connectivity index (χ1n) is 4.88. The third kappa shape index (κ3) is 3.85. The topological polar surface area (TPSA) is 41.1 Å². The van der Waals surface area contributed by atoms with Crippen molar-refractivity contribution in [2.45, 2.75) is 19.9 Å². The van der Waals surface area contributed by atoms with Gasteiger partial charge >= 0.3 is 0 Å². The summed E-state index contributed by atoms with van der Waals surface area (Å²) in [7, 11) is 0. The van der Waals surface area contributed by atoms with Crippen molar-refractivity contribution in [1.82, 2.24) is 0 Å². The van der Waals surface area contributed by atoms with Crippen LogP contribution in [-0.2, 0) is 4.79 Å². The van der Waals surface area contributed by atoms with Crippen molar-refractivity contribution < 1.29 is 4.79 Å². The molecular weight excluding hydrogens is 188 g/mol. The SMILES string of the molecule is C=CC(C)Nc1ccc(NC(C)=O)cc1. The number of rotatable bonds is 4. The largest absolute Gasteiger partial charge is 0.379 e. The standard InChI is InChI=1S/C12H16N2O/c1-4-9(2)13-11-5-7-12(8-6-11)14-10(3)15/h4-9,13H,1H2,2-3H3,(H,14,15). The third-order valence-corrected chi connectivity index (χ3v) is 1.95. The number of anilines is 2. The third-order valence-electron chi connectivity index (χ3n) is 1.95. The van der Waals surface area contributed by atoms with E-state index in [4.69, 9.17) is 0 Å². The minimum Gasteiger partial charge on any atom is -0.379 e. The highest BCUT2D eigenvalue weighted by atomic mass is 16.1. The monoisotopic (exact) mass is 204 g/mol. The van der Waals surface area contributed by atoms with Crippen LogP contribution in [0.2, 0.25) is 0 Å². The van der Waals surface area contributed by atoms with E-state index in [1.807, 2.05) is 37.3 Å². The first-order chi connectivity index (χ1) is 7.11. The molecule has 0 saturated carbocycles. The van der Waals surface area contributed by atoms with E-state index in [1.54, 1.807) is 0 Å². The summed E-state index contributed by atoms with van der Waals surface area (Å²) < 4.78 is 0. The van der Waals surface area contributed by atoms with E-state index in [-0.39, 0.29) is 11.9 Å². The Hall–Kier alpha value is -1.77. The smallest absolute Gasteiger partial charge is 0.221 e. The van der Waals surface area contributed by atoms with Crippen molar-refractivity contribution in [2.75, 3.05) is 10.6 Å². The molecule has 1 rings (SSSR count). The van der Waals surface area contributed by atoms with Crippen molar-refractivity contribution in [1.29, 1.82) is 0 Å². The molecule has 2 N–H and O–H groups in total. The summed E-state index contributed by atoms with van der Waals surface area (Å²) in [4.78, 5) is 10.8. The first-order valence-corrected chi connectivity index (χ1v) is 4.88. The molecule has 0 spiro atoms. The number of hydrogen-bond donors (Lipinski definition) is 2. The zero-order valence-corrected chi connectivity index (χ0v) is 9.08. The Morgan fingerprint density at radius 1 is 1.33 bits per heavy atom. The molecular formula is C12H16N2O. The molecule has 0 aliphatic heterocycles. The molecule has 1 aromatic rings. The Kier molecular flexibility index (Phi) is 3.92. The van der Waals surface area contributed by atoms with Crippen LogP contribution in [0.5, 0.6) is 0 Å². The molecule has 0 saturated heterocycles. The van der Waals surface area contributed by atoms with Crippen molar-refractivity contribution in [3.05, 3.63) is 36.9 Å². The second-order valence-corrected chi connectivity index (χ2v) is 3.43. The molecule has 1 amide bonds. The lowest BCUT2D eigenvalue weighted by atomic mass is 10.2. The second-order valence-electron chi connectivity index (χ2n) is 3.43. The summed E-state index contributed by atoms with van der Waals surface area (Å²) in [5, 5.41) is 5.95. The average Bonchev–Trinajstić information content (AvgIpc) is 2.20. The van der Waals surface area contributed by atoms with Gasteiger partial charge in [0.1, 0.15) is 0 Å². The molecule has 0 aromatic heterocycles. The maximum absolute atomic E-state index is 10.8. The lowest BCUT2D eigenvalue weighted by Crippen LogP contribution is -2.11. The van der Waals surface area contributed by atoms with Gasteiger partial charge in [-0.3, -0.25) is 4.79 Å². The quantitative estimate of drug-likeness (QED) is 0.740. The van der Waals surface area contributed by atoms with Crippen molar-refractivity contribution >= 4 is 17.3 Å². The Morgan fingerprint density at radius 3 is 2.33 bits per heavy atom. The van der Waals surface area contributed by atoms with E-state index in [9.17, 15) is 4.79 Å². The maximum atomic E-state index is 10.8. The summed E-state index contributed by atoms with van der Waals surface area (Å²) in [6, 6.07) is 7.80. The number of nitrogens with one attached hydrogen (secondary N) is 2. The van der Waals surface area contributed by atoms with Crippen LogP contribution in [0.3, 0.4) is 0 Å². The fourth-order valence-corrected chi connectivity index (χ4v) is 1.17.